The van der Waals surface area contributed by atoms with Crippen LogP contribution < -0.4 is 15.4 Å². The van der Waals surface area contributed by atoms with Crippen LogP contribution in [0.1, 0.15) is 82.7 Å². The molecule has 0 bridgehead atoms. The van der Waals surface area contributed by atoms with E-state index in [0.29, 0.717) is 37.1 Å². The van der Waals surface area contributed by atoms with E-state index in [4.69, 9.17) is 28.6 Å². The Morgan fingerprint density at radius 1 is 0.763 bits per heavy atom. The third-order valence-electron chi connectivity index (χ3n) is 11.7. The summed E-state index contributed by atoms with van der Waals surface area (Å²) in [5, 5.41) is 6.33. The van der Waals surface area contributed by atoms with Crippen molar-refractivity contribution in [1.82, 2.24) is 40.4 Å². The molecular weight excluding hydrogens is 757 g/mol. The van der Waals surface area contributed by atoms with Crippen LogP contribution in [0.5, 0.6) is 5.75 Å². The molecule has 5 aromatic rings. The van der Waals surface area contributed by atoms with Crippen LogP contribution in [0.25, 0.3) is 44.8 Å². The smallest absolute Gasteiger partial charge is 0.407 e. The van der Waals surface area contributed by atoms with Gasteiger partial charge >= 0.3 is 12.2 Å². The molecule has 0 saturated carbocycles. The standard InChI is InChI=1S/C43H50N8O8/c1-22(2)35(48-42(54)56-5)40(52)50-15-7-9-31(50)38-44-19-29(46-38)24-12-14-33-27(17-24)28-21-58-34-18-25(11-13-26(34)37(28)59-33)30-20-45-39(47-30)32-10-8-16-51(32)41(53)36(23(3)4)49-43(55)57-6/h11-14,17-20,22-23,31-32,35-36H,7-10,15-16,21H2,1-6H3,(H,44,46)(H,45,47)(H,48,54)(H,49,55)/t31-,32-,35?,36?/m0/s1. The summed E-state index contributed by atoms with van der Waals surface area (Å²) in [6, 6.07) is 10.1. The third kappa shape index (κ3) is 7.47. The van der Waals surface area contributed by atoms with Crippen molar-refractivity contribution in [3.8, 4) is 39.6 Å². The second-order valence-corrected chi connectivity index (χ2v) is 16.1. The van der Waals surface area contributed by atoms with Crippen molar-refractivity contribution in [2.45, 2.75) is 84.2 Å². The van der Waals surface area contributed by atoms with E-state index >= 15 is 0 Å². The lowest BCUT2D eigenvalue weighted by Crippen LogP contribution is -2.51. The maximum absolute atomic E-state index is 13.6. The molecule has 16 heteroatoms. The van der Waals surface area contributed by atoms with Crippen LogP contribution in [0.15, 0.2) is 53.2 Å². The van der Waals surface area contributed by atoms with E-state index in [-0.39, 0.29) is 35.7 Å². The number of likely N-dealkylation sites (tertiary alicyclic amines) is 2. The number of fused-ring (bicyclic) bond motifs is 5. The molecule has 16 nitrogen and oxygen atoms in total. The second-order valence-electron chi connectivity index (χ2n) is 16.1. The molecule has 59 heavy (non-hydrogen) atoms. The number of methoxy groups -OCH3 is 2. The number of ether oxygens (including phenoxy) is 3. The number of amides is 4. The van der Waals surface area contributed by atoms with Crippen molar-refractivity contribution in [3.63, 3.8) is 0 Å². The lowest BCUT2D eigenvalue weighted by atomic mass is 9.99. The molecular formula is C43H50N8O8. The lowest BCUT2D eigenvalue weighted by Gasteiger charge is -2.30. The van der Waals surface area contributed by atoms with Crippen LogP contribution in [0, 0.1) is 11.8 Å². The van der Waals surface area contributed by atoms with Gasteiger partial charge in [0.05, 0.1) is 55.6 Å². The van der Waals surface area contributed by atoms with Crippen molar-refractivity contribution in [1.29, 1.82) is 0 Å². The molecule has 3 aliphatic rings. The Bertz CT molecular complexity index is 2400. The Hall–Kier alpha value is -6.32. The number of benzene rings is 2. The zero-order chi connectivity index (χ0) is 41.5. The van der Waals surface area contributed by atoms with E-state index < -0.39 is 24.3 Å². The van der Waals surface area contributed by atoms with E-state index in [9.17, 15) is 19.2 Å². The zero-order valence-electron chi connectivity index (χ0n) is 34.1. The van der Waals surface area contributed by atoms with Gasteiger partial charge in [-0.15, -0.1) is 0 Å². The Kier molecular flexibility index (Phi) is 10.8. The van der Waals surface area contributed by atoms with Gasteiger partial charge in [-0.1, -0.05) is 33.8 Å². The first-order valence-corrected chi connectivity index (χ1v) is 20.2. The Morgan fingerprint density at radius 2 is 1.29 bits per heavy atom. The summed E-state index contributed by atoms with van der Waals surface area (Å²) in [7, 11) is 2.57. The fourth-order valence-electron chi connectivity index (χ4n) is 8.51. The SMILES string of the molecule is COC(=O)NC(C(=O)N1CCC[C@H]1c1ncc(-c2ccc3c(c2)OCc2c-3oc3ccc(-c4cnc([C@@H]5CCCN5C(=O)C(NC(=O)OC)C(C)C)[nH]4)cc23)[nH]1)C(C)C. The maximum Gasteiger partial charge on any atom is 0.407 e. The van der Waals surface area contributed by atoms with Crippen LogP contribution >= 0.6 is 0 Å². The number of aromatic amines is 2. The summed E-state index contributed by atoms with van der Waals surface area (Å²) in [5.74, 6) is 2.26. The third-order valence-corrected chi connectivity index (χ3v) is 11.7. The monoisotopic (exact) mass is 806 g/mol. The van der Waals surface area contributed by atoms with Gasteiger partial charge in [-0.05, 0) is 67.9 Å². The largest absolute Gasteiger partial charge is 0.488 e. The molecule has 0 aliphatic carbocycles. The second kappa shape index (κ2) is 16.1. The first-order chi connectivity index (χ1) is 28.4. The fourth-order valence-corrected chi connectivity index (χ4v) is 8.51. The van der Waals surface area contributed by atoms with Crippen molar-refractivity contribution < 1.29 is 37.8 Å². The van der Waals surface area contributed by atoms with Gasteiger partial charge in [0.1, 0.15) is 47.4 Å². The van der Waals surface area contributed by atoms with Crippen molar-refractivity contribution >= 4 is 35.0 Å². The van der Waals surface area contributed by atoms with Crippen LogP contribution in [-0.2, 0) is 25.7 Å². The molecule has 0 spiro atoms. The van der Waals surface area contributed by atoms with Crippen LogP contribution in [0.2, 0.25) is 0 Å². The van der Waals surface area contributed by atoms with Gasteiger partial charge in [0.2, 0.25) is 11.8 Å². The van der Waals surface area contributed by atoms with Crippen molar-refractivity contribution in [2.24, 2.45) is 11.8 Å². The van der Waals surface area contributed by atoms with Crippen molar-refractivity contribution in [2.75, 3.05) is 27.3 Å². The van der Waals surface area contributed by atoms with Gasteiger partial charge in [0, 0.05) is 35.2 Å². The summed E-state index contributed by atoms with van der Waals surface area (Å²) in [6.45, 7) is 9.04. The summed E-state index contributed by atoms with van der Waals surface area (Å²) < 4.78 is 22.3. The average molecular weight is 807 g/mol. The number of nitrogens with zero attached hydrogens (tertiary/aromatic N) is 4. The predicted molar refractivity (Wildman–Crippen MR) is 217 cm³/mol. The summed E-state index contributed by atoms with van der Waals surface area (Å²) >= 11 is 0. The van der Waals surface area contributed by atoms with E-state index in [1.54, 1.807) is 22.2 Å². The molecule has 0 radical (unpaired) electrons. The molecule has 4 atom stereocenters. The summed E-state index contributed by atoms with van der Waals surface area (Å²) in [4.78, 5) is 71.2. The number of furan rings is 1. The Balaban J connectivity index is 0.995. The molecule has 2 aromatic carbocycles. The zero-order valence-corrected chi connectivity index (χ0v) is 34.1. The quantitative estimate of drug-likeness (QED) is 0.116. The molecule has 6 heterocycles. The number of hydrogen-bond acceptors (Lipinski definition) is 10. The number of imidazole rings is 2. The number of H-pyrrole nitrogens is 2. The molecule has 4 N–H and O–H groups in total. The van der Waals surface area contributed by atoms with Gasteiger partial charge in [-0.25, -0.2) is 19.6 Å². The number of alkyl carbamates (subject to hydrolysis) is 2. The normalized spacial score (nSPS) is 18.4. The number of hydrogen-bond donors (Lipinski definition) is 4. The number of aromatic nitrogens is 4. The van der Waals surface area contributed by atoms with Crippen LogP contribution in [0.3, 0.4) is 0 Å². The van der Waals surface area contributed by atoms with E-state index in [0.717, 1.165) is 76.1 Å². The highest BCUT2D eigenvalue weighted by atomic mass is 16.5. The minimum absolute atomic E-state index is 0.123. The number of carbonyl (C=O) groups excluding carboxylic acids is 4. The van der Waals surface area contributed by atoms with Gasteiger partial charge < -0.3 is 49.0 Å². The van der Waals surface area contributed by atoms with Crippen LogP contribution in [0.4, 0.5) is 9.59 Å². The van der Waals surface area contributed by atoms with Crippen molar-refractivity contribution in [3.05, 3.63) is 66.0 Å². The Morgan fingerprint density at radius 3 is 1.81 bits per heavy atom. The number of carbonyl (C=O) groups is 4. The van der Waals surface area contributed by atoms with Gasteiger partial charge in [-0.3, -0.25) is 9.59 Å². The molecule has 8 rings (SSSR count). The Labute approximate surface area is 341 Å². The fraction of sp³-hybridized carbons (Fsp3) is 0.442. The summed E-state index contributed by atoms with van der Waals surface area (Å²) in [6.07, 6.45) is 5.45. The van der Waals surface area contributed by atoms with Gasteiger partial charge in [0.15, 0.2) is 0 Å². The van der Waals surface area contributed by atoms with E-state index in [1.165, 1.54) is 14.2 Å². The summed E-state index contributed by atoms with van der Waals surface area (Å²) in [5.41, 5.74) is 5.93. The molecule has 3 aromatic heterocycles. The van der Waals surface area contributed by atoms with E-state index in [1.807, 2.05) is 58.0 Å². The number of rotatable bonds is 10. The maximum atomic E-state index is 13.6. The molecule has 3 aliphatic heterocycles. The van der Waals surface area contributed by atoms with Gasteiger partial charge in [-0.2, -0.15) is 0 Å². The minimum Gasteiger partial charge on any atom is -0.488 e. The van der Waals surface area contributed by atoms with Crippen LogP contribution in [-0.4, -0.2) is 93.1 Å². The molecule has 2 saturated heterocycles. The predicted octanol–water partition coefficient (Wildman–Crippen LogP) is 6.86. The molecule has 310 valence electrons. The minimum atomic E-state index is -0.710. The molecule has 4 amide bonds. The topological polar surface area (TPSA) is 197 Å². The van der Waals surface area contributed by atoms with E-state index in [2.05, 4.69) is 26.7 Å². The molecule has 2 fully saturated rings. The first-order valence-electron chi connectivity index (χ1n) is 20.2. The lowest BCUT2D eigenvalue weighted by molar-refractivity contribution is -0.136. The highest BCUT2D eigenvalue weighted by Gasteiger charge is 2.39. The highest BCUT2D eigenvalue weighted by molar-refractivity contribution is 5.93. The number of nitrogens with one attached hydrogen (secondary N) is 4. The molecule has 2 unspecified atom stereocenters. The highest BCUT2D eigenvalue weighted by Crippen LogP contribution is 2.45. The average Bonchev–Trinajstić information content (AvgIpc) is 4.09. The van der Waals surface area contributed by atoms with Gasteiger partial charge in [0.25, 0.3) is 0 Å². The first kappa shape index (κ1) is 39.5.